The summed E-state index contributed by atoms with van der Waals surface area (Å²) in [5.74, 6) is 0.172. The van der Waals surface area contributed by atoms with E-state index in [-0.39, 0.29) is 12.5 Å². The van der Waals surface area contributed by atoms with E-state index in [0.29, 0.717) is 30.1 Å². The van der Waals surface area contributed by atoms with Gasteiger partial charge in [-0.15, -0.1) is 0 Å². The largest absolute Gasteiger partial charge is 0.491 e. The molecule has 1 aliphatic heterocycles. The molecule has 1 saturated heterocycles. The summed E-state index contributed by atoms with van der Waals surface area (Å²) in [5, 5.41) is 2.76. The van der Waals surface area contributed by atoms with Gasteiger partial charge in [0, 0.05) is 12.2 Å². The first-order valence-corrected chi connectivity index (χ1v) is 10.8. The molecule has 0 saturated carbocycles. The van der Waals surface area contributed by atoms with Gasteiger partial charge in [-0.1, -0.05) is 18.2 Å². The van der Waals surface area contributed by atoms with Crippen molar-refractivity contribution >= 4 is 27.3 Å². The average Bonchev–Trinajstić information content (AvgIpc) is 2.65. The lowest BCUT2D eigenvalue weighted by Crippen LogP contribution is -2.57. The molecule has 0 unspecified atom stereocenters. The first-order chi connectivity index (χ1) is 13.2. The third kappa shape index (κ3) is 3.85. The lowest BCUT2D eigenvalue weighted by molar-refractivity contribution is -0.118. The van der Waals surface area contributed by atoms with E-state index in [1.807, 2.05) is 19.9 Å². The van der Waals surface area contributed by atoms with Crippen LogP contribution < -0.4 is 14.4 Å². The molecule has 28 heavy (non-hydrogen) atoms. The Morgan fingerprint density at radius 1 is 1.11 bits per heavy atom. The van der Waals surface area contributed by atoms with Crippen LogP contribution in [0.2, 0.25) is 0 Å². The molecule has 1 atom stereocenters. The minimum Gasteiger partial charge on any atom is -0.491 e. The minimum absolute atomic E-state index is 0.0516. The number of rotatable bonds is 5. The molecule has 0 radical (unpaired) electrons. The van der Waals surface area contributed by atoms with Gasteiger partial charge in [0.2, 0.25) is 15.9 Å². The normalized spacial score (nSPS) is 21.4. The summed E-state index contributed by atoms with van der Waals surface area (Å²) in [7, 11) is -3.86. The van der Waals surface area contributed by atoms with E-state index < -0.39 is 20.7 Å². The van der Waals surface area contributed by atoms with E-state index in [0.717, 1.165) is 0 Å². The third-order valence-corrected chi connectivity index (χ3v) is 7.38. The Labute approximate surface area is 166 Å². The maximum Gasteiger partial charge on any atom is 0.249 e. The summed E-state index contributed by atoms with van der Waals surface area (Å²) in [6.45, 7) is 5.74. The Hall–Kier alpha value is -2.54. The molecular weight excluding hydrogens is 376 g/mol. The molecular formula is C21H26N2O4S. The molecule has 150 valence electrons. The zero-order chi connectivity index (χ0) is 20.4. The van der Waals surface area contributed by atoms with Crippen molar-refractivity contribution in [3.05, 3.63) is 54.6 Å². The van der Waals surface area contributed by atoms with E-state index in [9.17, 15) is 13.2 Å². The molecule has 2 aromatic rings. The first-order valence-electron chi connectivity index (χ1n) is 9.39. The number of carbonyl (C=O) groups is 1. The Morgan fingerprint density at radius 2 is 1.75 bits per heavy atom. The lowest BCUT2D eigenvalue weighted by Gasteiger charge is -2.39. The number of sulfonamides is 1. The maximum atomic E-state index is 13.3. The van der Waals surface area contributed by atoms with Crippen molar-refractivity contribution in [3.63, 3.8) is 0 Å². The zero-order valence-electron chi connectivity index (χ0n) is 16.4. The monoisotopic (exact) mass is 402 g/mol. The van der Waals surface area contributed by atoms with E-state index in [4.69, 9.17) is 4.74 Å². The predicted molar refractivity (Wildman–Crippen MR) is 111 cm³/mol. The molecule has 1 heterocycles. The van der Waals surface area contributed by atoms with Crippen LogP contribution in [0.25, 0.3) is 0 Å². The topological polar surface area (TPSA) is 75.7 Å². The highest BCUT2D eigenvalue weighted by molar-refractivity contribution is 7.95. The number of hydrogen-bond donors (Lipinski definition) is 1. The number of nitrogens with zero attached hydrogens (tertiary/aromatic N) is 1. The minimum atomic E-state index is -3.86. The highest BCUT2D eigenvalue weighted by Crippen LogP contribution is 2.36. The van der Waals surface area contributed by atoms with E-state index in [1.54, 1.807) is 48.5 Å². The van der Waals surface area contributed by atoms with Crippen molar-refractivity contribution in [1.82, 2.24) is 0 Å². The quantitative estimate of drug-likeness (QED) is 0.825. The van der Waals surface area contributed by atoms with Crippen LogP contribution in [0.15, 0.2) is 54.6 Å². The highest BCUT2D eigenvalue weighted by atomic mass is 32.2. The number of ether oxygens (including phenoxy) is 1. The molecule has 6 nitrogen and oxygen atoms in total. The van der Waals surface area contributed by atoms with Gasteiger partial charge in [0.15, 0.2) is 4.75 Å². The first kappa shape index (κ1) is 20.2. The van der Waals surface area contributed by atoms with Crippen LogP contribution in [0.5, 0.6) is 5.75 Å². The Bertz CT molecular complexity index is 927. The molecule has 1 fully saturated rings. The number of carbonyl (C=O) groups excluding carboxylic acids is 1. The second kappa shape index (κ2) is 7.83. The molecule has 0 aromatic heterocycles. The average molecular weight is 403 g/mol. The molecule has 3 rings (SSSR count). The van der Waals surface area contributed by atoms with Crippen LogP contribution in [0, 0.1) is 0 Å². The molecule has 0 aliphatic carbocycles. The van der Waals surface area contributed by atoms with Crippen molar-refractivity contribution in [2.24, 2.45) is 0 Å². The summed E-state index contributed by atoms with van der Waals surface area (Å²) in [5.41, 5.74) is 1.12. The van der Waals surface area contributed by atoms with Crippen molar-refractivity contribution in [3.8, 4) is 5.75 Å². The van der Waals surface area contributed by atoms with E-state index in [1.165, 1.54) is 11.2 Å². The van der Waals surface area contributed by atoms with Crippen LogP contribution in [-0.4, -0.2) is 31.7 Å². The number of anilines is 2. The van der Waals surface area contributed by atoms with Gasteiger partial charge in [0.25, 0.3) is 0 Å². The Morgan fingerprint density at radius 3 is 2.36 bits per heavy atom. The fourth-order valence-corrected chi connectivity index (χ4v) is 5.24. The van der Waals surface area contributed by atoms with Crippen LogP contribution in [0.3, 0.4) is 0 Å². The Balaban J connectivity index is 1.81. The molecule has 1 aliphatic rings. The molecule has 2 aromatic carbocycles. The zero-order valence-corrected chi connectivity index (χ0v) is 17.2. The van der Waals surface area contributed by atoms with Gasteiger partial charge in [-0.3, -0.25) is 9.10 Å². The summed E-state index contributed by atoms with van der Waals surface area (Å²) >= 11 is 0. The van der Waals surface area contributed by atoms with Crippen LogP contribution in [0.1, 0.15) is 33.6 Å². The molecule has 0 spiro atoms. The number of benzene rings is 2. The Kier molecular flexibility index (Phi) is 5.65. The van der Waals surface area contributed by atoms with Gasteiger partial charge < -0.3 is 10.1 Å². The van der Waals surface area contributed by atoms with Gasteiger partial charge in [-0.2, -0.15) is 0 Å². The van der Waals surface area contributed by atoms with Crippen molar-refractivity contribution in [2.45, 2.75) is 44.5 Å². The van der Waals surface area contributed by atoms with E-state index >= 15 is 0 Å². The fourth-order valence-electron chi connectivity index (χ4n) is 3.30. The smallest absolute Gasteiger partial charge is 0.249 e. The molecule has 7 heteroatoms. The fraction of sp³-hybridized carbons (Fsp3) is 0.381. The predicted octanol–water partition coefficient (Wildman–Crippen LogP) is 3.80. The van der Waals surface area contributed by atoms with Crippen molar-refractivity contribution in [2.75, 3.05) is 16.2 Å². The van der Waals surface area contributed by atoms with Gasteiger partial charge >= 0.3 is 0 Å². The second-order valence-electron chi connectivity index (χ2n) is 7.39. The third-order valence-electron chi connectivity index (χ3n) is 4.88. The van der Waals surface area contributed by atoms with Crippen LogP contribution in [0.4, 0.5) is 11.4 Å². The summed E-state index contributed by atoms with van der Waals surface area (Å²) in [6, 6.07) is 15.8. The second-order valence-corrected chi connectivity index (χ2v) is 9.68. The van der Waals surface area contributed by atoms with Crippen molar-refractivity contribution in [1.29, 1.82) is 0 Å². The van der Waals surface area contributed by atoms with Gasteiger partial charge in [0.1, 0.15) is 5.75 Å². The number of amides is 1. The molecule has 0 bridgehead atoms. The standard InChI is InChI=1S/C21H26N2O4S/c1-16(2)27-19-12-10-17(11-13-19)22-20(24)21(3)14-7-15-23(28(21,25)26)18-8-5-4-6-9-18/h4-6,8-13,16H,7,14-15H2,1-3H3,(H,22,24)/t21-/m1/s1. The summed E-state index contributed by atoms with van der Waals surface area (Å²) < 4.78 is 32.0. The van der Waals surface area contributed by atoms with Crippen LogP contribution in [-0.2, 0) is 14.8 Å². The van der Waals surface area contributed by atoms with Crippen LogP contribution >= 0.6 is 0 Å². The highest BCUT2D eigenvalue weighted by Gasteiger charge is 2.51. The lowest BCUT2D eigenvalue weighted by atomic mass is 10.0. The summed E-state index contributed by atoms with van der Waals surface area (Å²) in [6.07, 6.45) is 0.939. The van der Waals surface area contributed by atoms with Gasteiger partial charge in [-0.05, 0) is 70.0 Å². The maximum absolute atomic E-state index is 13.3. The SMILES string of the molecule is CC(C)Oc1ccc(NC(=O)[C@@]2(C)CCCN(c3ccccc3)S2(=O)=O)cc1. The van der Waals surface area contributed by atoms with Gasteiger partial charge in [-0.25, -0.2) is 8.42 Å². The molecule has 1 amide bonds. The van der Waals surface area contributed by atoms with Crippen molar-refractivity contribution < 1.29 is 17.9 Å². The number of para-hydroxylation sites is 1. The van der Waals surface area contributed by atoms with E-state index in [2.05, 4.69) is 5.32 Å². The number of nitrogens with one attached hydrogen (secondary N) is 1. The summed E-state index contributed by atoms with van der Waals surface area (Å²) in [4.78, 5) is 13.0. The molecule has 1 N–H and O–H groups in total. The van der Waals surface area contributed by atoms with Gasteiger partial charge in [0.05, 0.1) is 11.8 Å². The number of hydrogen-bond acceptors (Lipinski definition) is 4.